The number of amides is 1. The fraction of sp³-hybridized carbons (Fsp3) is 0. The predicted molar refractivity (Wildman–Crippen MR) is 70.2 cm³/mol. The Morgan fingerprint density at radius 2 is 2.12 bits per heavy atom. The molecule has 3 N–H and O–H groups in total. The van der Waals surface area contributed by atoms with Crippen LogP contribution < -0.4 is 11.1 Å². The highest BCUT2D eigenvalue weighted by atomic mass is 79.9. The molecule has 0 aliphatic heterocycles. The van der Waals surface area contributed by atoms with Crippen molar-refractivity contribution in [3.63, 3.8) is 0 Å². The predicted octanol–water partition coefficient (Wildman–Crippen LogP) is 3.53. The molecule has 0 aliphatic rings. The van der Waals surface area contributed by atoms with E-state index in [0.717, 1.165) is 0 Å². The Morgan fingerprint density at radius 1 is 1.35 bits per heavy atom. The Bertz CT molecular complexity index is 568. The van der Waals surface area contributed by atoms with Gasteiger partial charge in [0.05, 0.1) is 10.7 Å². The lowest BCUT2D eigenvalue weighted by atomic mass is 10.3. The number of furan rings is 1. The summed E-state index contributed by atoms with van der Waals surface area (Å²) in [6.07, 6.45) is 0. The third-order valence-electron chi connectivity index (χ3n) is 2.06. The number of carbonyl (C=O) groups excluding carboxylic acids is 1. The van der Waals surface area contributed by atoms with Gasteiger partial charge in [0.25, 0.3) is 5.91 Å². The monoisotopic (exact) mass is 314 g/mol. The lowest BCUT2D eigenvalue weighted by Crippen LogP contribution is -2.10. The van der Waals surface area contributed by atoms with Crippen LogP contribution in [0.1, 0.15) is 10.6 Å². The van der Waals surface area contributed by atoms with Crippen molar-refractivity contribution in [2.75, 3.05) is 11.1 Å². The number of halogens is 2. The highest BCUT2D eigenvalue weighted by Gasteiger charge is 2.11. The minimum absolute atomic E-state index is 0.213. The number of hydrogen-bond donors (Lipinski definition) is 2. The van der Waals surface area contributed by atoms with E-state index < -0.39 is 0 Å². The molecule has 6 heteroatoms. The Balaban J connectivity index is 2.15. The first-order valence-corrected chi connectivity index (χ1v) is 5.85. The maximum Gasteiger partial charge on any atom is 0.291 e. The number of anilines is 2. The van der Waals surface area contributed by atoms with Crippen LogP contribution in [0.3, 0.4) is 0 Å². The molecule has 88 valence electrons. The Labute approximate surface area is 111 Å². The molecule has 0 unspecified atom stereocenters. The second kappa shape index (κ2) is 4.81. The third-order valence-corrected chi connectivity index (χ3v) is 2.81. The van der Waals surface area contributed by atoms with Gasteiger partial charge in [0.2, 0.25) is 0 Å². The van der Waals surface area contributed by atoms with Crippen molar-refractivity contribution < 1.29 is 9.21 Å². The lowest BCUT2D eigenvalue weighted by molar-refractivity contribution is 0.0995. The molecule has 0 bridgehead atoms. The van der Waals surface area contributed by atoms with Gasteiger partial charge in [-0.2, -0.15) is 0 Å². The zero-order chi connectivity index (χ0) is 12.4. The molecule has 2 rings (SSSR count). The minimum Gasteiger partial charge on any atom is -0.444 e. The van der Waals surface area contributed by atoms with Crippen LogP contribution in [-0.4, -0.2) is 5.91 Å². The van der Waals surface area contributed by atoms with E-state index in [9.17, 15) is 4.79 Å². The summed E-state index contributed by atoms with van der Waals surface area (Å²) in [7, 11) is 0. The number of nitrogens with two attached hydrogens (primary N) is 1. The maximum absolute atomic E-state index is 11.7. The first-order valence-electron chi connectivity index (χ1n) is 4.68. The van der Waals surface area contributed by atoms with Gasteiger partial charge in [0, 0.05) is 5.69 Å². The molecule has 1 aromatic carbocycles. The second-order valence-corrected chi connectivity index (χ2v) is 4.48. The Hall–Kier alpha value is -1.46. The van der Waals surface area contributed by atoms with Gasteiger partial charge in [-0.3, -0.25) is 4.79 Å². The molecule has 1 aromatic heterocycles. The number of rotatable bonds is 2. The van der Waals surface area contributed by atoms with Gasteiger partial charge >= 0.3 is 0 Å². The summed E-state index contributed by atoms with van der Waals surface area (Å²) < 4.78 is 5.62. The van der Waals surface area contributed by atoms with E-state index in [-0.39, 0.29) is 11.7 Å². The standard InChI is InChI=1S/C11H8BrClN2O2/c12-10-4-3-9(17-10)11(16)15-6-1-2-8(14)7(13)5-6/h1-5H,14H2,(H,15,16). The van der Waals surface area contributed by atoms with Crippen LogP contribution in [0.25, 0.3) is 0 Å². The molecule has 1 heterocycles. The van der Waals surface area contributed by atoms with Crippen LogP contribution in [0.2, 0.25) is 5.02 Å². The van der Waals surface area contributed by atoms with E-state index in [1.165, 1.54) is 0 Å². The molecule has 0 radical (unpaired) electrons. The summed E-state index contributed by atoms with van der Waals surface area (Å²) >= 11 is 8.96. The SMILES string of the molecule is Nc1ccc(NC(=O)c2ccc(Br)o2)cc1Cl. The molecule has 0 fully saturated rings. The van der Waals surface area contributed by atoms with E-state index in [2.05, 4.69) is 21.2 Å². The summed E-state index contributed by atoms with van der Waals surface area (Å²) in [4.78, 5) is 11.7. The van der Waals surface area contributed by atoms with Crippen LogP contribution >= 0.6 is 27.5 Å². The van der Waals surface area contributed by atoms with Crippen molar-refractivity contribution in [2.45, 2.75) is 0 Å². The van der Waals surface area contributed by atoms with Crippen molar-refractivity contribution >= 4 is 44.8 Å². The van der Waals surface area contributed by atoms with E-state index in [4.69, 9.17) is 21.8 Å². The van der Waals surface area contributed by atoms with Gasteiger partial charge in [-0.1, -0.05) is 11.6 Å². The molecule has 2 aromatic rings. The first kappa shape index (κ1) is 12.0. The summed E-state index contributed by atoms with van der Waals surface area (Å²) in [5, 5.41) is 3.04. The van der Waals surface area contributed by atoms with Crippen LogP contribution in [-0.2, 0) is 0 Å². The molecule has 0 atom stereocenters. The van der Waals surface area contributed by atoms with Gasteiger partial charge in [-0.15, -0.1) is 0 Å². The molecule has 0 spiro atoms. The molecule has 17 heavy (non-hydrogen) atoms. The lowest BCUT2D eigenvalue weighted by Gasteiger charge is -2.04. The van der Waals surface area contributed by atoms with Crippen molar-refractivity contribution in [3.8, 4) is 0 Å². The Kier molecular flexibility index (Phi) is 3.40. The van der Waals surface area contributed by atoms with Crippen molar-refractivity contribution in [1.29, 1.82) is 0 Å². The zero-order valence-electron chi connectivity index (χ0n) is 8.54. The summed E-state index contributed by atoms with van der Waals surface area (Å²) in [6, 6.07) is 8.07. The second-order valence-electron chi connectivity index (χ2n) is 3.29. The number of hydrogen-bond acceptors (Lipinski definition) is 3. The quantitative estimate of drug-likeness (QED) is 0.833. The van der Waals surface area contributed by atoms with Crippen molar-refractivity contribution in [1.82, 2.24) is 0 Å². The molecule has 0 saturated heterocycles. The summed E-state index contributed by atoms with van der Waals surface area (Å²) in [5.41, 5.74) is 6.59. The van der Waals surface area contributed by atoms with Crippen LogP contribution in [0.5, 0.6) is 0 Å². The van der Waals surface area contributed by atoms with E-state index in [1.54, 1.807) is 30.3 Å². The fourth-order valence-corrected chi connectivity index (χ4v) is 1.72. The molecular formula is C11H8BrClN2O2. The third kappa shape index (κ3) is 2.81. The average molecular weight is 316 g/mol. The topological polar surface area (TPSA) is 68.3 Å². The smallest absolute Gasteiger partial charge is 0.291 e. The van der Waals surface area contributed by atoms with E-state index in [0.29, 0.717) is 21.1 Å². The van der Waals surface area contributed by atoms with Crippen LogP contribution in [0, 0.1) is 0 Å². The molecule has 1 amide bonds. The van der Waals surface area contributed by atoms with Gasteiger partial charge in [-0.05, 0) is 46.3 Å². The average Bonchev–Trinajstić information content (AvgIpc) is 2.70. The number of nitrogens with one attached hydrogen (secondary N) is 1. The van der Waals surface area contributed by atoms with Gasteiger partial charge < -0.3 is 15.5 Å². The zero-order valence-corrected chi connectivity index (χ0v) is 10.9. The number of benzene rings is 1. The largest absolute Gasteiger partial charge is 0.444 e. The molecule has 4 nitrogen and oxygen atoms in total. The Morgan fingerprint density at radius 3 is 2.71 bits per heavy atom. The van der Waals surface area contributed by atoms with Crippen LogP contribution in [0.4, 0.5) is 11.4 Å². The normalized spacial score (nSPS) is 10.2. The van der Waals surface area contributed by atoms with Gasteiger partial charge in [-0.25, -0.2) is 0 Å². The van der Waals surface area contributed by atoms with Gasteiger partial charge in [0.1, 0.15) is 0 Å². The van der Waals surface area contributed by atoms with Gasteiger partial charge in [0.15, 0.2) is 10.4 Å². The fourth-order valence-electron chi connectivity index (χ4n) is 1.23. The van der Waals surface area contributed by atoms with E-state index in [1.807, 2.05) is 0 Å². The maximum atomic E-state index is 11.7. The number of nitrogen functional groups attached to an aromatic ring is 1. The van der Waals surface area contributed by atoms with Crippen molar-refractivity contribution in [2.24, 2.45) is 0 Å². The summed E-state index contributed by atoms with van der Waals surface area (Å²) in [5.74, 6) is -0.138. The summed E-state index contributed by atoms with van der Waals surface area (Å²) in [6.45, 7) is 0. The molecule has 0 aliphatic carbocycles. The highest BCUT2D eigenvalue weighted by Crippen LogP contribution is 2.23. The first-order chi connectivity index (χ1) is 8.06. The van der Waals surface area contributed by atoms with Crippen molar-refractivity contribution in [3.05, 3.63) is 45.8 Å². The highest BCUT2D eigenvalue weighted by molar-refractivity contribution is 9.10. The number of carbonyl (C=O) groups is 1. The van der Waals surface area contributed by atoms with Crippen LogP contribution in [0.15, 0.2) is 39.4 Å². The molecule has 0 saturated carbocycles. The molecular weight excluding hydrogens is 307 g/mol. The minimum atomic E-state index is -0.350. The van der Waals surface area contributed by atoms with E-state index >= 15 is 0 Å².